The molecular weight excluding hydrogens is 324 g/mol. The van der Waals surface area contributed by atoms with E-state index in [0.717, 1.165) is 0 Å². The minimum atomic E-state index is -0.496. The Labute approximate surface area is 144 Å². The van der Waals surface area contributed by atoms with Crippen LogP contribution in [-0.2, 0) is 14.3 Å². The van der Waals surface area contributed by atoms with Gasteiger partial charge in [0.1, 0.15) is 5.75 Å². The number of esters is 1. The number of anilines is 2. The second kappa shape index (κ2) is 8.49. The average molecular weight is 342 g/mol. The van der Waals surface area contributed by atoms with Crippen molar-refractivity contribution in [2.75, 3.05) is 24.4 Å². The van der Waals surface area contributed by atoms with E-state index in [1.54, 1.807) is 48.5 Å². The molecule has 2 aromatic carbocycles. The third-order valence-corrected chi connectivity index (χ3v) is 3.12. The lowest BCUT2D eigenvalue weighted by molar-refractivity contribution is -0.142. The number of hydrogen-bond acceptors (Lipinski definition) is 5. The molecule has 0 spiro atoms. The molecule has 0 aliphatic carbocycles. The molecule has 0 unspecified atom stereocenters. The monoisotopic (exact) mass is 342 g/mol. The van der Waals surface area contributed by atoms with Crippen molar-refractivity contribution in [1.29, 1.82) is 0 Å². The summed E-state index contributed by atoms with van der Waals surface area (Å²) in [7, 11) is 1.28. The highest BCUT2D eigenvalue weighted by Crippen LogP contribution is 2.19. The van der Waals surface area contributed by atoms with Gasteiger partial charge in [0.25, 0.3) is 5.91 Å². The fourth-order valence-corrected chi connectivity index (χ4v) is 2.01. The average Bonchev–Trinajstić information content (AvgIpc) is 2.59. The van der Waals surface area contributed by atoms with Crippen LogP contribution in [0.4, 0.5) is 11.4 Å². The van der Waals surface area contributed by atoms with Gasteiger partial charge in [0.2, 0.25) is 5.91 Å². The van der Waals surface area contributed by atoms with E-state index in [9.17, 15) is 14.4 Å². The molecule has 2 N–H and O–H groups in total. The summed E-state index contributed by atoms with van der Waals surface area (Å²) in [5.74, 6) is -0.621. The molecule has 0 saturated carbocycles. The maximum absolute atomic E-state index is 12.3. The summed E-state index contributed by atoms with van der Waals surface area (Å²) < 4.78 is 9.78. The molecule has 7 heteroatoms. The minimum Gasteiger partial charge on any atom is -0.482 e. The van der Waals surface area contributed by atoms with Crippen molar-refractivity contribution in [2.45, 2.75) is 6.92 Å². The van der Waals surface area contributed by atoms with Crippen LogP contribution in [0.25, 0.3) is 0 Å². The molecule has 25 heavy (non-hydrogen) atoms. The van der Waals surface area contributed by atoms with Crippen molar-refractivity contribution in [3.63, 3.8) is 0 Å². The van der Waals surface area contributed by atoms with E-state index in [0.29, 0.717) is 22.7 Å². The molecule has 2 amide bonds. The van der Waals surface area contributed by atoms with Crippen LogP contribution >= 0.6 is 0 Å². The summed E-state index contributed by atoms with van der Waals surface area (Å²) in [6.45, 7) is 1.18. The summed E-state index contributed by atoms with van der Waals surface area (Å²) in [4.78, 5) is 34.5. The zero-order chi connectivity index (χ0) is 18.2. The topological polar surface area (TPSA) is 93.7 Å². The fourth-order valence-electron chi connectivity index (χ4n) is 2.01. The first-order chi connectivity index (χ1) is 12.0. The van der Waals surface area contributed by atoms with Gasteiger partial charge in [0.15, 0.2) is 6.61 Å². The van der Waals surface area contributed by atoms with Gasteiger partial charge in [-0.05, 0) is 30.3 Å². The molecule has 130 valence electrons. The zero-order valence-electron chi connectivity index (χ0n) is 13.9. The second-order valence-electron chi connectivity index (χ2n) is 5.11. The number of carbonyl (C=O) groups excluding carboxylic acids is 3. The molecule has 0 fully saturated rings. The lowest BCUT2D eigenvalue weighted by atomic mass is 10.2. The lowest BCUT2D eigenvalue weighted by Crippen LogP contribution is -2.14. The molecular formula is C18H18N2O5. The minimum absolute atomic E-state index is 0.215. The van der Waals surface area contributed by atoms with Crippen molar-refractivity contribution in [1.82, 2.24) is 0 Å². The summed E-state index contributed by atoms with van der Waals surface area (Å²) in [6.07, 6.45) is 0. The van der Waals surface area contributed by atoms with Crippen LogP contribution < -0.4 is 15.4 Å². The first-order valence-electron chi connectivity index (χ1n) is 7.46. The molecule has 0 aliphatic rings. The number of amides is 2. The fraction of sp³-hybridized carbons (Fsp3) is 0.167. The van der Waals surface area contributed by atoms with Gasteiger partial charge in [0.05, 0.1) is 7.11 Å². The lowest BCUT2D eigenvalue weighted by Gasteiger charge is -2.09. The van der Waals surface area contributed by atoms with E-state index in [1.165, 1.54) is 14.0 Å². The molecule has 0 radical (unpaired) electrons. The van der Waals surface area contributed by atoms with Gasteiger partial charge in [-0.15, -0.1) is 0 Å². The van der Waals surface area contributed by atoms with Crippen LogP contribution in [-0.4, -0.2) is 31.5 Å². The van der Waals surface area contributed by atoms with E-state index >= 15 is 0 Å². The highest BCUT2D eigenvalue weighted by Gasteiger charge is 2.09. The molecule has 0 aromatic heterocycles. The van der Waals surface area contributed by atoms with Gasteiger partial charge < -0.3 is 20.1 Å². The van der Waals surface area contributed by atoms with E-state index in [1.807, 2.05) is 0 Å². The van der Waals surface area contributed by atoms with Crippen LogP contribution in [0.2, 0.25) is 0 Å². The molecule has 0 aliphatic heterocycles. The van der Waals surface area contributed by atoms with Crippen LogP contribution in [0, 0.1) is 0 Å². The van der Waals surface area contributed by atoms with E-state index in [4.69, 9.17) is 4.74 Å². The van der Waals surface area contributed by atoms with Crippen molar-refractivity contribution in [3.05, 3.63) is 54.1 Å². The Morgan fingerprint density at radius 3 is 2.32 bits per heavy atom. The van der Waals surface area contributed by atoms with Crippen LogP contribution in [0.1, 0.15) is 17.3 Å². The molecule has 2 aromatic rings. The Bertz CT molecular complexity index is 789. The van der Waals surface area contributed by atoms with Crippen LogP contribution in [0.15, 0.2) is 48.5 Å². The summed E-state index contributed by atoms with van der Waals surface area (Å²) in [5, 5.41) is 5.36. The van der Waals surface area contributed by atoms with Gasteiger partial charge >= 0.3 is 5.97 Å². The van der Waals surface area contributed by atoms with Crippen LogP contribution in [0.5, 0.6) is 5.75 Å². The first-order valence-corrected chi connectivity index (χ1v) is 7.46. The van der Waals surface area contributed by atoms with Crippen molar-refractivity contribution in [3.8, 4) is 5.75 Å². The first kappa shape index (κ1) is 18.0. The number of methoxy groups -OCH3 is 1. The molecule has 0 bridgehead atoms. The highest BCUT2D eigenvalue weighted by atomic mass is 16.6. The number of ether oxygens (including phenoxy) is 2. The standard InChI is InChI=1S/C18H18N2O5/c1-12(21)19-14-6-3-5-13(9-14)18(23)20-15-7-4-8-16(10-15)25-11-17(22)24-2/h3-10H,11H2,1-2H3,(H,19,21)(H,20,23). The van der Waals surface area contributed by atoms with Crippen molar-refractivity contribution < 1.29 is 23.9 Å². The molecule has 2 rings (SSSR count). The second-order valence-corrected chi connectivity index (χ2v) is 5.11. The smallest absolute Gasteiger partial charge is 0.343 e. The largest absolute Gasteiger partial charge is 0.482 e. The summed E-state index contributed by atoms with van der Waals surface area (Å²) >= 11 is 0. The molecule has 7 nitrogen and oxygen atoms in total. The zero-order valence-corrected chi connectivity index (χ0v) is 13.9. The van der Waals surface area contributed by atoms with Gasteiger partial charge in [0, 0.05) is 29.9 Å². The number of rotatable bonds is 6. The summed E-state index contributed by atoms with van der Waals surface area (Å²) in [5.41, 5.74) is 1.44. The van der Waals surface area contributed by atoms with Crippen molar-refractivity contribution >= 4 is 29.2 Å². The molecule has 0 saturated heterocycles. The Morgan fingerprint density at radius 1 is 0.960 bits per heavy atom. The number of hydrogen-bond donors (Lipinski definition) is 2. The number of carbonyl (C=O) groups is 3. The molecule has 0 heterocycles. The van der Waals surface area contributed by atoms with E-state index < -0.39 is 5.97 Å². The van der Waals surface area contributed by atoms with Crippen molar-refractivity contribution in [2.24, 2.45) is 0 Å². The highest BCUT2D eigenvalue weighted by molar-refractivity contribution is 6.05. The Balaban J connectivity index is 2.05. The van der Waals surface area contributed by atoms with Gasteiger partial charge in [-0.25, -0.2) is 4.79 Å². The third kappa shape index (κ3) is 5.65. The van der Waals surface area contributed by atoms with Gasteiger partial charge in [-0.3, -0.25) is 9.59 Å². The maximum Gasteiger partial charge on any atom is 0.343 e. The SMILES string of the molecule is COC(=O)COc1cccc(NC(=O)c2cccc(NC(C)=O)c2)c1. The predicted octanol–water partition coefficient (Wildman–Crippen LogP) is 2.45. The Morgan fingerprint density at radius 2 is 1.64 bits per heavy atom. The Kier molecular flexibility index (Phi) is 6.11. The van der Waals surface area contributed by atoms with Gasteiger partial charge in [-0.1, -0.05) is 12.1 Å². The quantitative estimate of drug-likeness (QED) is 0.787. The normalized spacial score (nSPS) is 9.84. The molecule has 0 atom stereocenters. The maximum atomic E-state index is 12.3. The number of nitrogens with one attached hydrogen (secondary N) is 2. The predicted molar refractivity (Wildman–Crippen MR) is 92.7 cm³/mol. The van der Waals surface area contributed by atoms with E-state index in [-0.39, 0.29) is 18.4 Å². The van der Waals surface area contributed by atoms with Gasteiger partial charge in [-0.2, -0.15) is 0 Å². The van der Waals surface area contributed by atoms with E-state index in [2.05, 4.69) is 15.4 Å². The summed E-state index contributed by atoms with van der Waals surface area (Å²) in [6, 6.07) is 13.2. The third-order valence-electron chi connectivity index (χ3n) is 3.12. The number of benzene rings is 2. The Hall–Kier alpha value is -3.35. The van der Waals surface area contributed by atoms with Crippen LogP contribution in [0.3, 0.4) is 0 Å².